The average Bonchev–Trinajstić information content (AvgIpc) is 2.64. The Morgan fingerprint density at radius 1 is 1.00 bits per heavy atom. The Morgan fingerprint density at radius 3 is 2.11 bits per heavy atom. The SMILES string of the molecule is CC(C)(C)c1ccc2oc(C#N)c(C(C)(C)C)c2c1. The predicted molar refractivity (Wildman–Crippen MR) is 78.3 cm³/mol. The topological polar surface area (TPSA) is 36.9 Å². The van der Waals surface area contributed by atoms with Gasteiger partial charge in [-0.25, -0.2) is 0 Å². The van der Waals surface area contributed by atoms with E-state index in [4.69, 9.17) is 4.42 Å². The van der Waals surface area contributed by atoms with Crippen LogP contribution in [0.1, 0.15) is 58.4 Å². The molecule has 0 aliphatic carbocycles. The number of fused-ring (bicyclic) bond motifs is 1. The van der Waals surface area contributed by atoms with Gasteiger partial charge in [-0.2, -0.15) is 5.26 Å². The number of hydrogen-bond acceptors (Lipinski definition) is 2. The first-order valence-electron chi connectivity index (χ1n) is 6.62. The summed E-state index contributed by atoms with van der Waals surface area (Å²) in [6.07, 6.45) is 0. The van der Waals surface area contributed by atoms with Crippen LogP contribution in [0.4, 0.5) is 0 Å². The van der Waals surface area contributed by atoms with Crippen LogP contribution in [0.25, 0.3) is 11.0 Å². The number of nitrogens with zero attached hydrogens (tertiary/aromatic N) is 1. The van der Waals surface area contributed by atoms with Gasteiger partial charge in [-0.3, -0.25) is 0 Å². The number of benzene rings is 1. The molecule has 1 aromatic carbocycles. The van der Waals surface area contributed by atoms with Crippen molar-refractivity contribution in [1.29, 1.82) is 5.26 Å². The molecular weight excluding hydrogens is 234 g/mol. The smallest absolute Gasteiger partial charge is 0.208 e. The summed E-state index contributed by atoms with van der Waals surface area (Å²) in [6.45, 7) is 12.9. The van der Waals surface area contributed by atoms with E-state index in [1.165, 1.54) is 5.56 Å². The van der Waals surface area contributed by atoms with E-state index >= 15 is 0 Å². The van der Waals surface area contributed by atoms with E-state index in [9.17, 15) is 5.26 Å². The van der Waals surface area contributed by atoms with Gasteiger partial charge < -0.3 is 4.42 Å². The van der Waals surface area contributed by atoms with E-state index in [0.717, 1.165) is 16.5 Å². The molecule has 0 unspecified atom stereocenters. The Morgan fingerprint density at radius 2 is 1.63 bits per heavy atom. The van der Waals surface area contributed by atoms with Gasteiger partial charge in [-0.1, -0.05) is 47.6 Å². The molecular formula is C17H21NO. The van der Waals surface area contributed by atoms with Gasteiger partial charge in [0.2, 0.25) is 5.76 Å². The van der Waals surface area contributed by atoms with Crippen LogP contribution in [0.3, 0.4) is 0 Å². The lowest BCUT2D eigenvalue weighted by atomic mass is 9.82. The Labute approximate surface area is 115 Å². The largest absolute Gasteiger partial charge is 0.445 e. The first-order valence-corrected chi connectivity index (χ1v) is 6.62. The highest BCUT2D eigenvalue weighted by Gasteiger charge is 2.26. The third-order valence-electron chi connectivity index (χ3n) is 3.41. The van der Waals surface area contributed by atoms with Gasteiger partial charge in [0, 0.05) is 10.9 Å². The third-order valence-corrected chi connectivity index (χ3v) is 3.41. The summed E-state index contributed by atoms with van der Waals surface area (Å²) < 4.78 is 5.68. The zero-order chi connectivity index (χ0) is 14.4. The van der Waals surface area contributed by atoms with E-state index < -0.39 is 0 Å². The molecule has 2 rings (SSSR count). The summed E-state index contributed by atoms with van der Waals surface area (Å²) in [5.41, 5.74) is 3.06. The quantitative estimate of drug-likeness (QED) is 0.671. The van der Waals surface area contributed by atoms with E-state index in [1.54, 1.807) is 0 Å². The van der Waals surface area contributed by atoms with Crippen LogP contribution in [0.2, 0.25) is 0 Å². The fourth-order valence-corrected chi connectivity index (χ4v) is 2.39. The van der Waals surface area contributed by atoms with Crippen molar-refractivity contribution in [1.82, 2.24) is 0 Å². The summed E-state index contributed by atoms with van der Waals surface area (Å²) in [4.78, 5) is 0. The first kappa shape index (κ1) is 13.7. The lowest BCUT2D eigenvalue weighted by Crippen LogP contribution is -2.13. The van der Waals surface area contributed by atoms with Crippen molar-refractivity contribution < 1.29 is 4.42 Å². The molecule has 0 aliphatic rings. The second-order valence-electron chi connectivity index (χ2n) is 7.13. The highest BCUT2D eigenvalue weighted by atomic mass is 16.3. The van der Waals surface area contributed by atoms with E-state index in [-0.39, 0.29) is 10.8 Å². The standard InChI is InChI=1S/C17H21NO/c1-16(2,3)11-7-8-13-12(9-11)15(17(4,5)6)14(10-18)19-13/h7-9H,1-6H3. The minimum atomic E-state index is -0.104. The van der Waals surface area contributed by atoms with Crippen molar-refractivity contribution in [2.75, 3.05) is 0 Å². The van der Waals surface area contributed by atoms with Crippen molar-refractivity contribution in [3.05, 3.63) is 35.1 Å². The fourth-order valence-electron chi connectivity index (χ4n) is 2.39. The van der Waals surface area contributed by atoms with Gasteiger partial charge in [0.05, 0.1) is 0 Å². The molecule has 0 saturated heterocycles. The van der Waals surface area contributed by atoms with Crippen LogP contribution in [0.15, 0.2) is 22.6 Å². The number of hydrogen-bond donors (Lipinski definition) is 0. The molecule has 0 fully saturated rings. The molecule has 100 valence electrons. The Balaban J connectivity index is 2.81. The first-order chi connectivity index (χ1) is 8.64. The van der Waals surface area contributed by atoms with Crippen LogP contribution in [0, 0.1) is 11.3 Å². The van der Waals surface area contributed by atoms with Crippen molar-refractivity contribution in [3.8, 4) is 6.07 Å². The Bertz CT molecular complexity index is 657. The van der Waals surface area contributed by atoms with E-state index in [0.29, 0.717) is 5.76 Å². The third kappa shape index (κ3) is 2.38. The molecule has 2 nitrogen and oxygen atoms in total. The number of rotatable bonds is 0. The molecule has 2 heteroatoms. The summed E-state index contributed by atoms with van der Waals surface area (Å²) >= 11 is 0. The van der Waals surface area contributed by atoms with Crippen LogP contribution in [0.5, 0.6) is 0 Å². The fraction of sp³-hybridized carbons (Fsp3) is 0.471. The zero-order valence-corrected chi connectivity index (χ0v) is 12.6. The maximum absolute atomic E-state index is 9.27. The Kier molecular flexibility index (Phi) is 2.97. The highest BCUT2D eigenvalue weighted by Crippen LogP contribution is 2.37. The average molecular weight is 255 g/mol. The molecule has 0 bridgehead atoms. The van der Waals surface area contributed by atoms with E-state index in [2.05, 4.69) is 59.7 Å². The van der Waals surface area contributed by atoms with Gasteiger partial charge in [-0.05, 0) is 28.5 Å². The molecule has 0 amide bonds. The van der Waals surface area contributed by atoms with Crippen LogP contribution in [-0.4, -0.2) is 0 Å². The molecule has 0 atom stereocenters. The molecule has 2 aromatic rings. The highest BCUT2D eigenvalue weighted by molar-refractivity contribution is 5.85. The predicted octanol–water partition coefficient (Wildman–Crippen LogP) is 4.90. The van der Waals surface area contributed by atoms with Crippen LogP contribution >= 0.6 is 0 Å². The molecule has 0 N–H and O–H groups in total. The van der Waals surface area contributed by atoms with Crippen LogP contribution < -0.4 is 0 Å². The minimum absolute atomic E-state index is 0.0907. The molecule has 19 heavy (non-hydrogen) atoms. The van der Waals surface area contributed by atoms with Crippen molar-refractivity contribution in [2.45, 2.75) is 52.4 Å². The molecule has 0 spiro atoms. The maximum atomic E-state index is 9.27. The molecule has 0 aliphatic heterocycles. The van der Waals surface area contributed by atoms with Crippen LogP contribution in [-0.2, 0) is 10.8 Å². The van der Waals surface area contributed by atoms with Gasteiger partial charge in [0.1, 0.15) is 11.7 Å². The molecule has 1 aromatic heterocycles. The van der Waals surface area contributed by atoms with Gasteiger partial charge in [-0.15, -0.1) is 0 Å². The molecule has 0 radical (unpaired) electrons. The monoisotopic (exact) mass is 255 g/mol. The maximum Gasteiger partial charge on any atom is 0.208 e. The summed E-state index contributed by atoms with van der Waals surface area (Å²) in [6, 6.07) is 8.41. The number of nitriles is 1. The summed E-state index contributed by atoms with van der Waals surface area (Å²) in [5, 5.41) is 10.3. The normalized spacial score (nSPS) is 12.7. The minimum Gasteiger partial charge on any atom is -0.445 e. The zero-order valence-electron chi connectivity index (χ0n) is 12.6. The van der Waals surface area contributed by atoms with E-state index in [1.807, 2.05) is 6.07 Å². The lowest BCUT2D eigenvalue weighted by Gasteiger charge is -2.21. The van der Waals surface area contributed by atoms with Crippen molar-refractivity contribution in [3.63, 3.8) is 0 Å². The number of furan rings is 1. The van der Waals surface area contributed by atoms with Crippen molar-refractivity contribution in [2.24, 2.45) is 0 Å². The van der Waals surface area contributed by atoms with Gasteiger partial charge >= 0.3 is 0 Å². The van der Waals surface area contributed by atoms with Gasteiger partial charge in [0.15, 0.2) is 0 Å². The van der Waals surface area contributed by atoms with Crippen molar-refractivity contribution >= 4 is 11.0 Å². The van der Waals surface area contributed by atoms with Gasteiger partial charge in [0.25, 0.3) is 0 Å². The Hall–Kier alpha value is -1.75. The second kappa shape index (κ2) is 4.13. The summed E-state index contributed by atoms with van der Waals surface area (Å²) in [5.74, 6) is 0.438. The molecule has 0 saturated carbocycles. The summed E-state index contributed by atoms with van der Waals surface area (Å²) in [7, 11) is 0. The lowest BCUT2D eigenvalue weighted by molar-refractivity contribution is 0.546. The second-order valence-corrected chi connectivity index (χ2v) is 7.13. The molecule has 1 heterocycles.